The van der Waals surface area contributed by atoms with Crippen LogP contribution < -0.4 is 16.0 Å². The molecule has 1 aromatic heterocycles. The Kier molecular flexibility index (Phi) is 12.0. The van der Waals surface area contributed by atoms with Gasteiger partial charge >= 0.3 is 0 Å². The Bertz CT molecular complexity index is 569. The molecule has 27 heavy (non-hydrogen) atoms. The SMILES string of the molecule is CN=C(NCCCN1CCCCC1C)NCCNC(=O)c1cccnc1.I. The first-order valence-corrected chi connectivity index (χ1v) is 9.57. The molecule has 2 rings (SSSR count). The van der Waals surface area contributed by atoms with Crippen molar-refractivity contribution in [1.29, 1.82) is 0 Å². The molecule has 1 aromatic rings. The first kappa shape index (κ1) is 23.6. The molecule has 1 aliphatic rings. The van der Waals surface area contributed by atoms with Gasteiger partial charge < -0.3 is 20.9 Å². The minimum Gasteiger partial charge on any atom is -0.356 e. The van der Waals surface area contributed by atoms with Crippen LogP contribution in [0.5, 0.6) is 0 Å². The fourth-order valence-corrected chi connectivity index (χ4v) is 3.16. The summed E-state index contributed by atoms with van der Waals surface area (Å²) in [5.41, 5.74) is 0.571. The zero-order chi connectivity index (χ0) is 18.6. The van der Waals surface area contributed by atoms with Gasteiger partial charge in [-0.1, -0.05) is 6.42 Å². The summed E-state index contributed by atoms with van der Waals surface area (Å²) in [4.78, 5) is 22.7. The van der Waals surface area contributed by atoms with E-state index in [2.05, 4.69) is 37.8 Å². The number of amides is 1. The summed E-state index contributed by atoms with van der Waals surface area (Å²) in [5.74, 6) is 0.658. The lowest BCUT2D eigenvalue weighted by Crippen LogP contribution is -2.43. The van der Waals surface area contributed by atoms with Crippen molar-refractivity contribution in [2.45, 2.75) is 38.6 Å². The molecule has 152 valence electrons. The fourth-order valence-electron chi connectivity index (χ4n) is 3.16. The van der Waals surface area contributed by atoms with E-state index in [1.165, 1.54) is 25.8 Å². The number of likely N-dealkylation sites (tertiary alicyclic amines) is 1. The normalized spacial score (nSPS) is 17.7. The minimum atomic E-state index is -0.113. The maximum atomic E-state index is 11.9. The lowest BCUT2D eigenvalue weighted by molar-refractivity contribution is 0.0954. The van der Waals surface area contributed by atoms with Crippen molar-refractivity contribution < 1.29 is 4.79 Å². The van der Waals surface area contributed by atoms with E-state index in [9.17, 15) is 4.79 Å². The van der Waals surface area contributed by atoms with E-state index >= 15 is 0 Å². The third kappa shape index (κ3) is 8.87. The molecule has 1 fully saturated rings. The molecule has 1 atom stereocenters. The van der Waals surface area contributed by atoms with Gasteiger partial charge in [-0.25, -0.2) is 0 Å². The van der Waals surface area contributed by atoms with E-state index in [4.69, 9.17) is 0 Å². The molecule has 0 aliphatic carbocycles. The summed E-state index contributed by atoms with van der Waals surface area (Å²) in [5, 5.41) is 9.41. The third-order valence-electron chi connectivity index (χ3n) is 4.71. The second-order valence-electron chi connectivity index (χ2n) is 6.66. The molecular weight excluding hydrogens is 455 g/mol. The van der Waals surface area contributed by atoms with Crippen LogP contribution >= 0.6 is 24.0 Å². The zero-order valence-corrected chi connectivity index (χ0v) is 18.7. The molecular formula is C19H33IN6O. The van der Waals surface area contributed by atoms with Crippen molar-refractivity contribution >= 4 is 35.8 Å². The molecule has 7 nitrogen and oxygen atoms in total. The maximum Gasteiger partial charge on any atom is 0.252 e. The topological polar surface area (TPSA) is 81.7 Å². The van der Waals surface area contributed by atoms with Gasteiger partial charge in [0.1, 0.15) is 0 Å². The highest BCUT2D eigenvalue weighted by Gasteiger charge is 2.17. The van der Waals surface area contributed by atoms with E-state index in [-0.39, 0.29) is 29.9 Å². The van der Waals surface area contributed by atoms with Gasteiger partial charge in [-0.15, -0.1) is 24.0 Å². The number of nitrogens with one attached hydrogen (secondary N) is 3. The maximum absolute atomic E-state index is 11.9. The number of rotatable bonds is 8. The summed E-state index contributed by atoms with van der Waals surface area (Å²) < 4.78 is 0. The predicted octanol–water partition coefficient (Wildman–Crippen LogP) is 1.86. The monoisotopic (exact) mass is 488 g/mol. The first-order valence-electron chi connectivity index (χ1n) is 9.57. The molecule has 0 radical (unpaired) electrons. The number of carbonyl (C=O) groups is 1. The fraction of sp³-hybridized carbons (Fsp3) is 0.632. The largest absolute Gasteiger partial charge is 0.356 e. The number of carbonyl (C=O) groups excluding carboxylic acids is 1. The summed E-state index contributed by atoms with van der Waals surface area (Å²) in [6.07, 6.45) is 8.33. The van der Waals surface area contributed by atoms with Gasteiger partial charge in [0, 0.05) is 51.7 Å². The average molecular weight is 488 g/mol. The van der Waals surface area contributed by atoms with E-state index in [1.54, 1.807) is 31.6 Å². The number of hydrogen-bond acceptors (Lipinski definition) is 4. The highest BCUT2D eigenvalue weighted by Crippen LogP contribution is 2.15. The summed E-state index contributed by atoms with van der Waals surface area (Å²) in [6.45, 7) is 6.73. The minimum absolute atomic E-state index is 0. The highest BCUT2D eigenvalue weighted by molar-refractivity contribution is 14.0. The van der Waals surface area contributed by atoms with Crippen molar-refractivity contribution in [2.24, 2.45) is 4.99 Å². The number of aromatic nitrogens is 1. The van der Waals surface area contributed by atoms with Crippen molar-refractivity contribution in [3.63, 3.8) is 0 Å². The van der Waals surface area contributed by atoms with Gasteiger partial charge in [-0.05, 0) is 44.9 Å². The summed E-state index contributed by atoms with van der Waals surface area (Å²) in [6, 6.07) is 4.22. The number of nitrogens with zero attached hydrogens (tertiary/aromatic N) is 3. The van der Waals surface area contributed by atoms with Crippen molar-refractivity contribution in [3.05, 3.63) is 30.1 Å². The quantitative estimate of drug-likeness (QED) is 0.225. The van der Waals surface area contributed by atoms with Gasteiger partial charge in [-0.3, -0.25) is 14.8 Å². The molecule has 8 heteroatoms. The van der Waals surface area contributed by atoms with Crippen LogP contribution in [0.15, 0.2) is 29.5 Å². The molecule has 0 saturated carbocycles. The second kappa shape index (κ2) is 13.7. The Labute approximate surface area is 179 Å². The van der Waals surface area contributed by atoms with Crippen molar-refractivity contribution in [1.82, 2.24) is 25.8 Å². The lowest BCUT2D eigenvalue weighted by atomic mass is 10.0. The van der Waals surface area contributed by atoms with Crippen LogP contribution in [0.1, 0.15) is 43.0 Å². The number of pyridine rings is 1. The van der Waals surface area contributed by atoms with Crippen molar-refractivity contribution in [2.75, 3.05) is 39.8 Å². The predicted molar refractivity (Wildman–Crippen MR) is 121 cm³/mol. The molecule has 0 aromatic carbocycles. The summed E-state index contributed by atoms with van der Waals surface area (Å²) >= 11 is 0. The zero-order valence-electron chi connectivity index (χ0n) is 16.4. The first-order chi connectivity index (χ1) is 12.7. The Hall–Kier alpha value is -1.42. The number of piperidine rings is 1. The van der Waals surface area contributed by atoms with Crippen LogP contribution in [0.3, 0.4) is 0 Å². The molecule has 0 bridgehead atoms. The lowest BCUT2D eigenvalue weighted by Gasteiger charge is -2.33. The second-order valence-corrected chi connectivity index (χ2v) is 6.66. The van der Waals surface area contributed by atoms with Crippen molar-refractivity contribution in [3.8, 4) is 0 Å². The van der Waals surface area contributed by atoms with Gasteiger partial charge in [0.05, 0.1) is 5.56 Å². The van der Waals surface area contributed by atoms with Crippen LogP contribution in [-0.2, 0) is 0 Å². The highest BCUT2D eigenvalue weighted by atomic mass is 127. The Morgan fingerprint density at radius 3 is 2.74 bits per heavy atom. The molecule has 3 N–H and O–H groups in total. The smallest absolute Gasteiger partial charge is 0.252 e. The third-order valence-corrected chi connectivity index (χ3v) is 4.71. The molecule has 1 aliphatic heterocycles. The van der Waals surface area contributed by atoms with E-state index < -0.39 is 0 Å². The van der Waals surface area contributed by atoms with Gasteiger partial charge in [0.25, 0.3) is 5.91 Å². The number of guanidine groups is 1. The molecule has 1 amide bonds. The van der Waals surface area contributed by atoms with Crippen LogP contribution in [0.4, 0.5) is 0 Å². The van der Waals surface area contributed by atoms with Gasteiger partial charge in [-0.2, -0.15) is 0 Å². The van der Waals surface area contributed by atoms with Crippen LogP contribution in [0, 0.1) is 0 Å². The Balaban J connectivity index is 0.00000364. The van der Waals surface area contributed by atoms with Crippen LogP contribution in [0.25, 0.3) is 0 Å². The van der Waals surface area contributed by atoms with E-state index in [0.717, 1.165) is 25.5 Å². The Morgan fingerprint density at radius 2 is 2.04 bits per heavy atom. The molecule has 0 spiro atoms. The van der Waals surface area contributed by atoms with Crippen LogP contribution in [-0.4, -0.2) is 67.6 Å². The number of hydrogen-bond donors (Lipinski definition) is 3. The average Bonchev–Trinajstić information content (AvgIpc) is 2.68. The van der Waals surface area contributed by atoms with Gasteiger partial charge in [0.2, 0.25) is 0 Å². The van der Waals surface area contributed by atoms with Gasteiger partial charge in [0.15, 0.2) is 5.96 Å². The number of halogens is 1. The number of aliphatic imine (C=N–C) groups is 1. The van der Waals surface area contributed by atoms with E-state index in [0.29, 0.717) is 24.7 Å². The van der Waals surface area contributed by atoms with Crippen LogP contribution in [0.2, 0.25) is 0 Å². The molecule has 2 heterocycles. The standard InChI is InChI=1S/C19H32N6O.HI/c1-16-7-3-4-13-25(16)14-6-10-23-19(20-2)24-12-11-22-18(26)17-8-5-9-21-15-17;/h5,8-9,15-16H,3-4,6-7,10-14H2,1-2H3,(H,22,26)(H2,20,23,24);1H. The van der Waals surface area contributed by atoms with E-state index in [1.807, 2.05) is 0 Å². The molecule has 1 unspecified atom stereocenters. The Morgan fingerprint density at radius 1 is 1.26 bits per heavy atom. The summed E-state index contributed by atoms with van der Waals surface area (Å²) in [7, 11) is 1.76. The molecule has 1 saturated heterocycles.